The predicted molar refractivity (Wildman–Crippen MR) is 64.9 cm³/mol. The van der Waals surface area contributed by atoms with E-state index >= 15 is 0 Å². The first-order valence-electron chi connectivity index (χ1n) is 6.48. The summed E-state index contributed by atoms with van der Waals surface area (Å²) in [4.78, 5) is 24.2. The lowest BCUT2D eigenvalue weighted by Crippen LogP contribution is -2.56. The second-order valence-corrected chi connectivity index (χ2v) is 4.74. The third kappa shape index (κ3) is 3.02. The molecule has 5 heteroatoms. The summed E-state index contributed by atoms with van der Waals surface area (Å²) in [6, 6.07) is 0. The highest BCUT2D eigenvalue weighted by Gasteiger charge is 2.54. The maximum absolute atomic E-state index is 12.1. The van der Waals surface area contributed by atoms with E-state index in [0.29, 0.717) is 6.42 Å². The molecule has 0 aliphatic carbocycles. The summed E-state index contributed by atoms with van der Waals surface area (Å²) < 4.78 is 15.6. The molecule has 0 amide bonds. The van der Waals surface area contributed by atoms with Gasteiger partial charge in [0.1, 0.15) is 0 Å². The van der Waals surface area contributed by atoms with Crippen molar-refractivity contribution < 1.29 is 23.8 Å². The van der Waals surface area contributed by atoms with Crippen molar-refractivity contribution in [3.05, 3.63) is 0 Å². The molecule has 1 aliphatic rings. The van der Waals surface area contributed by atoms with E-state index in [0.717, 1.165) is 6.42 Å². The third-order valence-electron chi connectivity index (χ3n) is 2.98. The standard InChI is InChI=1S/C13H22O5/c1-5-16-11(14)13(12(15)17-6-2)8-9(3)7-10(4)18-13/h9-10H,5-8H2,1-4H3/t9-,10+/m1/s1. The van der Waals surface area contributed by atoms with Crippen LogP contribution in [-0.2, 0) is 23.8 Å². The molecule has 0 aromatic rings. The van der Waals surface area contributed by atoms with Crippen LogP contribution in [0, 0.1) is 5.92 Å². The lowest BCUT2D eigenvalue weighted by atomic mass is 9.84. The highest BCUT2D eigenvalue weighted by Crippen LogP contribution is 2.35. The van der Waals surface area contributed by atoms with Crippen LogP contribution < -0.4 is 0 Å². The van der Waals surface area contributed by atoms with E-state index in [2.05, 4.69) is 0 Å². The molecule has 0 aromatic heterocycles. The monoisotopic (exact) mass is 258 g/mol. The first-order valence-corrected chi connectivity index (χ1v) is 6.48. The first kappa shape index (κ1) is 15.0. The van der Waals surface area contributed by atoms with Crippen molar-refractivity contribution in [3.8, 4) is 0 Å². The largest absolute Gasteiger partial charge is 0.463 e. The Kier molecular flexibility index (Phi) is 5.14. The summed E-state index contributed by atoms with van der Waals surface area (Å²) in [5, 5.41) is 0. The van der Waals surface area contributed by atoms with Crippen molar-refractivity contribution in [3.63, 3.8) is 0 Å². The van der Waals surface area contributed by atoms with E-state index < -0.39 is 17.5 Å². The second-order valence-electron chi connectivity index (χ2n) is 4.74. The van der Waals surface area contributed by atoms with Crippen molar-refractivity contribution in [1.29, 1.82) is 0 Å². The molecule has 1 fully saturated rings. The van der Waals surface area contributed by atoms with Gasteiger partial charge in [0.05, 0.1) is 19.3 Å². The number of carbonyl (C=O) groups excluding carboxylic acids is 2. The van der Waals surface area contributed by atoms with Crippen LogP contribution in [-0.4, -0.2) is 36.9 Å². The fourth-order valence-corrected chi connectivity index (χ4v) is 2.42. The smallest absolute Gasteiger partial charge is 0.350 e. The topological polar surface area (TPSA) is 61.8 Å². The van der Waals surface area contributed by atoms with E-state index in [1.807, 2.05) is 13.8 Å². The third-order valence-corrected chi connectivity index (χ3v) is 2.98. The van der Waals surface area contributed by atoms with E-state index in [1.165, 1.54) is 0 Å². The van der Waals surface area contributed by atoms with Gasteiger partial charge >= 0.3 is 11.9 Å². The lowest BCUT2D eigenvalue weighted by molar-refractivity contribution is -0.208. The van der Waals surface area contributed by atoms with Crippen LogP contribution in [0.3, 0.4) is 0 Å². The Labute approximate surface area is 108 Å². The molecule has 0 bridgehead atoms. The fraction of sp³-hybridized carbons (Fsp3) is 0.846. The van der Waals surface area contributed by atoms with Crippen LogP contribution >= 0.6 is 0 Å². The Bertz CT molecular complexity index is 283. The zero-order valence-electron chi connectivity index (χ0n) is 11.5. The zero-order valence-corrected chi connectivity index (χ0v) is 11.5. The molecule has 18 heavy (non-hydrogen) atoms. The van der Waals surface area contributed by atoms with Crippen molar-refractivity contribution in [2.75, 3.05) is 13.2 Å². The van der Waals surface area contributed by atoms with Crippen molar-refractivity contribution in [2.45, 2.75) is 52.2 Å². The quantitative estimate of drug-likeness (QED) is 0.567. The van der Waals surface area contributed by atoms with Crippen LogP contribution in [0.25, 0.3) is 0 Å². The van der Waals surface area contributed by atoms with Crippen molar-refractivity contribution in [2.24, 2.45) is 5.92 Å². The number of rotatable bonds is 4. The molecule has 1 aliphatic heterocycles. The van der Waals surface area contributed by atoms with Gasteiger partial charge in [-0.2, -0.15) is 0 Å². The number of hydrogen-bond donors (Lipinski definition) is 0. The van der Waals surface area contributed by atoms with Gasteiger partial charge in [-0.3, -0.25) is 0 Å². The van der Waals surface area contributed by atoms with Gasteiger partial charge in [0.2, 0.25) is 0 Å². The summed E-state index contributed by atoms with van der Waals surface area (Å²) in [5.74, 6) is -1.06. The van der Waals surface area contributed by atoms with E-state index in [1.54, 1.807) is 13.8 Å². The molecule has 1 heterocycles. The molecular weight excluding hydrogens is 236 g/mol. The number of carbonyl (C=O) groups is 2. The predicted octanol–water partition coefficient (Wildman–Crippen LogP) is 1.69. The SMILES string of the molecule is CCOC(=O)C1(C(=O)OCC)C[C@H](C)C[C@H](C)O1. The molecule has 0 N–H and O–H groups in total. The molecule has 1 saturated heterocycles. The number of hydrogen-bond acceptors (Lipinski definition) is 5. The normalized spacial score (nSPS) is 26.4. The van der Waals surface area contributed by atoms with Gasteiger partial charge in [0.15, 0.2) is 0 Å². The average Bonchev–Trinajstić information content (AvgIpc) is 2.28. The van der Waals surface area contributed by atoms with Gasteiger partial charge < -0.3 is 14.2 Å². The zero-order chi connectivity index (χ0) is 13.8. The molecule has 1 rings (SSSR count). The van der Waals surface area contributed by atoms with Gasteiger partial charge in [-0.25, -0.2) is 9.59 Å². The molecule has 0 aromatic carbocycles. The average molecular weight is 258 g/mol. The maximum Gasteiger partial charge on any atom is 0.350 e. The van der Waals surface area contributed by atoms with Crippen molar-refractivity contribution >= 4 is 11.9 Å². The van der Waals surface area contributed by atoms with Crippen LogP contribution in [0.4, 0.5) is 0 Å². The Morgan fingerprint density at radius 3 is 2.06 bits per heavy atom. The molecule has 0 spiro atoms. The minimum absolute atomic E-state index is 0.164. The maximum atomic E-state index is 12.1. The lowest BCUT2D eigenvalue weighted by Gasteiger charge is -2.38. The van der Waals surface area contributed by atoms with E-state index in [4.69, 9.17) is 14.2 Å². The molecular formula is C13H22O5. The first-order chi connectivity index (χ1) is 8.46. The molecule has 0 radical (unpaired) electrons. The highest BCUT2D eigenvalue weighted by molar-refractivity contribution is 6.03. The van der Waals surface area contributed by atoms with E-state index in [9.17, 15) is 9.59 Å². The number of esters is 2. The molecule has 0 unspecified atom stereocenters. The summed E-state index contributed by atoms with van der Waals surface area (Å²) in [6.07, 6.45) is 0.970. The Morgan fingerprint density at radius 1 is 1.17 bits per heavy atom. The summed E-state index contributed by atoms with van der Waals surface area (Å²) in [6.45, 7) is 7.67. The Morgan fingerprint density at radius 2 is 1.67 bits per heavy atom. The van der Waals surface area contributed by atoms with Crippen LogP contribution in [0.2, 0.25) is 0 Å². The second kappa shape index (κ2) is 6.18. The van der Waals surface area contributed by atoms with Crippen molar-refractivity contribution in [1.82, 2.24) is 0 Å². The Balaban J connectivity index is 2.99. The molecule has 104 valence electrons. The van der Waals surface area contributed by atoms with E-state index in [-0.39, 0.29) is 25.2 Å². The highest BCUT2D eigenvalue weighted by atomic mass is 16.6. The summed E-state index contributed by atoms with van der Waals surface area (Å²) in [7, 11) is 0. The van der Waals surface area contributed by atoms with Gasteiger partial charge in [-0.1, -0.05) is 6.92 Å². The molecule has 5 nitrogen and oxygen atoms in total. The molecule has 0 saturated carbocycles. The molecule has 2 atom stereocenters. The van der Waals surface area contributed by atoms with Gasteiger partial charge in [0, 0.05) is 6.42 Å². The fourth-order valence-electron chi connectivity index (χ4n) is 2.42. The van der Waals surface area contributed by atoms with Gasteiger partial charge in [0.25, 0.3) is 5.60 Å². The minimum Gasteiger partial charge on any atom is -0.463 e. The van der Waals surface area contributed by atoms with Crippen LogP contribution in [0.1, 0.15) is 40.5 Å². The van der Waals surface area contributed by atoms with Gasteiger partial charge in [-0.05, 0) is 33.1 Å². The van der Waals surface area contributed by atoms with Crippen LogP contribution in [0.15, 0.2) is 0 Å². The number of ether oxygens (including phenoxy) is 3. The minimum atomic E-state index is -1.58. The summed E-state index contributed by atoms with van der Waals surface area (Å²) in [5.41, 5.74) is -1.58. The van der Waals surface area contributed by atoms with Crippen LogP contribution in [0.5, 0.6) is 0 Å². The summed E-state index contributed by atoms with van der Waals surface area (Å²) >= 11 is 0. The Hall–Kier alpha value is -1.10. The van der Waals surface area contributed by atoms with Gasteiger partial charge in [-0.15, -0.1) is 0 Å².